The molecule has 0 aliphatic rings. The second-order valence-electron chi connectivity index (χ2n) is 5.24. The van der Waals surface area contributed by atoms with Gasteiger partial charge in [-0.05, 0) is 37.6 Å². The number of halogens is 3. The number of hydrogen-bond acceptors (Lipinski definition) is 6. The smallest absolute Gasteiger partial charge is 0.266 e. The maximum Gasteiger partial charge on any atom is 0.266 e. The summed E-state index contributed by atoms with van der Waals surface area (Å²) in [6, 6.07) is 3.29. The van der Waals surface area contributed by atoms with Crippen molar-refractivity contribution in [2.75, 3.05) is 17.2 Å². The molecular weight excluding hydrogens is 333 g/mol. The molecule has 0 amide bonds. The molecule has 1 aromatic heterocycles. The number of anilines is 2. The van der Waals surface area contributed by atoms with Crippen LogP contribution in [0.2, 0.25) is 0 Å². The van der Waals surface area contributed by atoms with E-state index in [2.05, 4.69) is 25.7 Å². The monoisotopic (exact) mass is 350 g/mol. The van der Waals surface area contributed by atoms with Gasteiger partial charge in [-0.3, -0.25) is 0 Å². The Labute approximate surface area is 142 Å². The third-order valence-corrected chi connectivity index (χ3v) is 3.43. The van der Waals surface area contributed by atoms with E-state index >= 15 is 0 Å². The van der Waals surface area contributed by atoms with Gasteiger partial charge in [0, 0.05) is 23.8 Å². The van der Waals surface area contributed by atoms with Crippen molar-refractivity contribution in [1.29, 1.82) is 5.53 Å². The first-order valence-corrected chi connectivity index (χ1v) is 7.35. The molecule has 0 aliphatic heterocycles. The summed E-state index contributed by atoms with van der Waals surface area (Å²) in [4.78, 5) is 8.35. The van der Waals surface area contributed by atoms with Crippen LogP contribution in [0, 0.1) is 25.2 Å². The summed E-state index contributed by atoms with van der Waals surface area (Å²) in [6.07, 6.45) is 0.132. The number of nitrogens with one attached hydrogen (secondary N) is 3. The van der Waals surface area contributed by atoms with Gasteiger partial charge in [0.2, 0.25) is 5.95 Å². The second-order valence-corrected chi connectivity index (χ2v) is 5.24. The van der Waals surface area contributed by atoms with E-state index in [1.807, 2.05) is 13.8 Å². The summed E-state index contributed by atoms with van der Waals surface area (Å²) in [5.74, 6) is -0.581. The largest absolute Gasteiger partial charge is 0.360 e. The van der Waals surface area contributed by atoms with E-state index < -0.39 is 17.8 Å². The molecule has 0 fully saturated rings. The number of aryl methyl sites for hydroxylation is 2. The number of rotatable bonds is 7. The fourth-order valence-corrected chi connectivity index (χ4v) is 1.87. The van der Waals surface area contributed by atoms with Gasteiger partial charge in [0.15, 0.2) is 0 Å². The average Bonchev–Trinajstić information content (AvgIpc) is 2.59. The van der Waals surface area contributed by atoms with Gasteiger partial charge in [-0.2, -0.15) is 5.11 Å². The summed E-state index contributed by atoms with van der Waals surface area (Å²) in [5.41, 5.74) is 8.81. The van der Waals surface area contributed by atoms with Crippen LogP contribution in [0.15, 0.2) is 41.4 Å². The fraction of sp³-hybridized carbons (Fsp3) is 0.250. The summed E-state index contributed by atoms with van der Waals surface area (Å²) < 4.78 is 38.6. The minimum Gasteiger partial charge on any atom is -0.360 e. The molecular formula is C16H17F3N6. The molecule has 0 bridgehead atoms. The first kappa shape index (κ1) is 18.4. The number of alkyl halides is 2. The van der Waals surface area contributed by atoms with Crippen molar-refractivity contribution in [3.63, 3.8) is 0 Å². The summed E-state index contributed by atoms with van der Waals surface area (Å²) in [5, 5.41) is 8.97. The number of aromatic nitrogens is 2. The lowest BCUT2D eigenvalue weighted by molar-refractivity contribution is 0.146. The van der Waals surface area contributed by atoms with Crippen LogP contribution in [0.5, 0.6) is 0 Å². The molecule has 0 saturated heterocycles. The van der Waals surface area contributed by atoms with E-state index in [4.69, 9.17) is 5.53 Å². The van der Waals surface area contributed by atoms with Gasteiger partial charge in [0.1, 0.15) is 5.82 Å². The second kappa shape index (κ2) is 8.22. The highest BCUT2D eigenvalue weighted by Crippen LogP contribution is 2.25. The van der Waals surface area contributed by atoms with E-state index in [1.165, 1.54) is 12.3 Å². The van der Waals surface area contributed by atoms with Crippen LogP contribution >= 0.6 is 0 Å². The van der Waals surface area contributed by atoms with Crippen LogP contribution in [0.1, 0.15) is 23.2 Å². The molecule has 1 heterocycles. The van der Waals surface area contributed by atoms with Gasteiger partial charge in [-0.15, -0.1) is 0 Å². The van der Waals surface area contributed by atoms with E-state index in [0.29, 0.717) is 5.95 Å². The molecule has 6 nitrogen and oxygen atoms in total. The Balaban J connectivity index is 2.04. The minimum atomic E-state index is -2.91. The van der Waals surface area contributed by atoms with Crippen molar-refractivity contribution < 1.29 is 13.2 Å². The Morgan fingerprint density at radius 3 is 2.76 bits per heavy atom. The van der Waals surface area contributed by atoms with E-state index in [-0.39, 0.29) is 17.9 Å². The molecule has 3 N–H and O–H groups in total. The molecule has 2 rings (SSSR count). The number of hydrogen-bond donors (Lipinski definition) is 3. The van der Waals surface area contributed by atoms with Gasteiger partial charge in [-0.1, -0.05) is 0 Å². The van der Waals surface area contributed by atoms with Crippen LogP contribution in [0.3, 0.4) is 0 Å². The first-order valence-electron chi connectivity index (χ1n) is 7.35. The van der Waals surface area contributed by atoms with Gasteiger partial charge >= 0.3 is 0 Å². The highest BCUT2D eigenvalue weighted by Gasteiger charge is 2.13. The summed E-state index contributed by atoms with van der Waals surface area (Å²) >= 11 is 0. The van der Waals surface area contributed by atoms with Gasteiger partial charge in [0.25, 0.3) is 6.43 Å². The molecule has 0 unspecified atom stereocenters. The lowest BCUT2D eigenvalue weighted by atomic mass is 10.2. The molecule has 0 saturated carbocycles. The molecule has 0 radical (unpaired) electrons. The highest BCUT2D eigenvalue weighted by atomic mass is 19.3. The average molecular weight is 350 g/mol. The molecule has 2 aromatic rings. The lowest BCUT2D eigenvalue weighted by Gasteiger charge is -2.08. The Bertz CT molecular complexity index is 791. The van der Waals surface area contributed by atoms with Crippen molar-refractivity contribution >= 4 is 11.6 Å². The van der Waals surface area contributed by atoms with Crippen LogP contribution in [-0.4, -0.2) is 16.5 Å². The highest BCUT2D eigenvalue weighted by molar-refractivity contribution is 5.49. The number of nitrogens with zero attached hydrogens (tertiary/aromatic N) is 3. The van der Waals surface area contributed by atoms with Crippen molar-refractivity contribution in [2.45, 2.75) is 20.3 Å². The number of benzene rings is 1. The predicted molar refractivity (Wildman–Crippen MR) is 88.2 cm³/mol. The molecule has 1 aromatic carbocycles. The quantitative estimate of drug-likeness (QED) is 0.639. The van der Waals surface area contributed by atoms with Crippen LogP contribution < -0.4 is 10.6 Å². The molecule has 0 spiro atoms. The Morgan fingerprint density at radius 1 is 1.36 bits per heavy atom. The third kappa shape index (κ3) is 5.00. The minimum absolute atomic E-state index is 0.155. The van der Waals surface area contributed by atoms with Gasteiger partial charge in [-0.25, -0.2) is 28.7 Å². The maximum absolute atomic E-state index is 13.3. The Kier molecular flexibility index (Phi) is 6.04. The van der Waals surface area contributed by atoms with Crippen molar-refractivity contribution in [2.24, 2.45) is 5.11 Å². The van der Waals surface area contributed by atoms with Crippen LogP contribution in [0.25, 0.3) is 0 Å². The third-order valence-electron chi connectivity index (χ3n) is 3.43. The van der Waals surface area contributed by atoms with E-state index in [0.717, 1.165) is 23.4 Å². The predicted octanol–water partition coefficient (Wildman–Crippen LogP) is 4.57. The zero-order valence-corrected chi connectivity index (χ0v) is 13.6. The van der Waals surface area contributed by atoms with Gasteiger partial charge in [0.05, 0.1) is 17.8 Å². The summed E-state index contributed by atoms with van der Waals surface area (Å²) in [7, 11) is 0. The zero-order valence-electron chi connectivity index (χ0n) is 13.6. The summed E-state index contributed by atoms with van der Waals surface area (Å²) in [6.45, 7) is 3.90. The van der Waals surface area contributed by atoms with Crippen molar-refractivity contribution in [3.05, 3.63) is 58.9 Å². The first-order chi connectivity index (χ1) is 11.9. The molecule has 25 heavy (non-hydrogen) atoms. The SMILES string of the molecule is Cc1cnc(NC/C(=C/Nc2ccc(F)c(C(F)F)c2)N=N)nc1C. The maximum atomic E-state index is 13.3. The van der Waals surface area contributed by atoms with Gasteiger partial charge < -0.3 is 10.6 Å². The zero-order chi connectivity index (χ0) is 18.4. The lowest BCUT2D eigenvalue weighted by Crippen LogP contribution is -2.09. The topological polar surface area (TPSA) is 86.0 Å². The van der Waals surface area contributed by atoms with E-state index in [1.54, 1.807) is 6.20 Å². The molecule has 132 valence electrons. The standard InChI is InChI=1S/C16H17F3N6/c1-9-6-22-16(24-10(9)2)23-8-12(25-20)7-21-11-3-4-14(17)13(5-11)15(18)19/h3-7,15,20-21H,8H2,1-2H3,(H,22,23,24)/b12-7-,25-20?. The molecule has 0 aliphatic carbocycles. The Hall–Kier alpha value is -2.97. The van der Waals surface area contributed by atoms with E-state index in [9.17, 15) is 13.2 Å². The fourth-order valence-electron chi connectivity index (χ4n) is 1.87. The van der Waals surface area contributed by atoms with Crippen molar-refractivity contribution in [1.82, 2.24) is 9.97 Å². The Morgan fingerprint density at radius 2 is 2.12 bits per heavy atom. The van der Waals surface area contributed by atoms with Crippen molar-refractivity contribution in [3.8, 4) is 0 Å². The van der Waals surface area contributed by atoms with Crippen LogP contribution in [0.4, 0.5) is 24.8 Å². The molecule has 0 atom stereocenters. The molecule has 9 heteroatoms. The van der Waals surface area contributed by atoms with Crippen LogP contribution in [-0.2, 0) is 0 Å². The normalized spacial score (nSPS) is 11.5.